The van der Waals surface area contributed by atoms with Crippen molar-refractivity contribution in [3.05, 3.63) is 53.6 Å². The molecular weight excluding hydrogens is 352 g/mol. The molecule has 24 heavy (non-hydrogen) atoms. The van der Waals surface area contributed by atoms with E-state index in [1.807, 2.05) is 6.07 Å². The number of benzene rings is 2. The number of sulfonamides is 1. The van der Waals surface area contributed by atoms with E-state index in [1.165, 1.54) is 32.3 Å². The van der Waals surface area contributed by atoms with Crippen molar-refractivity contribution in [3.8, 4) is 5.75 Å². The minimum Gasteiger partial charge on any atom is -0.482 e. The first-order valence-electron chi connectivity index (χ1n) is 7.00. The molecule has 128 valence electrons. The van der Waals surface area contributed by atoms with E-state index < -0.39 is 10.0 Å². The van der Waals surface area contributed by atoms with Crippen molar-refractivity contribution in [1.82, 2.24) is 4.31 Å². The Morgan fingerprint density at radius 2 is 1.83 bits per heavy atom. The fraction of sp³-hybridized carbons (Fsp3) is 0.188. The highest BCUT2D eigenvalue weighted by Crippen LogP contribution is 2.28. The van der Waals surface area contributed by atoms with Crippen LogP contribution in [0.3, 0.4) is 0 Å². The van der Waals surface area contributed by atoms with Crippen molar-refractivity contribution < 1.29 is 17.9 Å². The number of halogens is 1. The Balaban J connectivity index is 2.02. The van der Waals surface area contributed by atoms with E-state index >= 15 is 0 Å². The third kappa shape index (κ3) is 4.47. The van der Waals surface area contributed by atoms with Crippen LogP contribution in [0.4, 0.5) is 5.69 Å². The first-order chi connectivity index (χ1) is 11.3. The van der Waals surface area contributed by atoms with Gasteiger partial charge in [0.1, 0.15) is 5.75 Å². The van der Waals surface area contributed by atoms with E-state index in [4.69, 9.17) is 16.3 Å². The van der Waals surface area contributed by atoms with Crippen LogP contribution in [0.15, 0.2) is 53.4 Å². The normalized spacial score (nSPS) is 11.3. The summed E-state index contributed by atoms with van der Waals surface area (Å²) in [5.74, 6) is -0.111. The molecule has 0 unspecified atom stereocenters. The fourth-order valence-electron chi connectivity index (χ4n) is 1.83. The number of para-hydroxylation sites is 1. The number of carbonyl (C=O) groups is 1. The lowest BCUT2D eigenvalue weighted by Gasteiger charge is -2.13. The lowest BCUT2D eigenvalue weighted by atomic mass is 10.3. The van der Waals surface area contributed by atoms with E-state index in [-0.39, 0.29) is 28.2 Å². The van der Waals surface area contributed by atoms with Crippen molar-refractivity contribution in [2.75, 3.05) is 26.0 Å². The van der Waals surface area contributed by atoms with E-state index in [1.54, 1.807) is 24.3 Å². The number of carbonyl (C=O) groups excluding carboxylic acids is 1. The number of rotatable bonds is 6. The highest BCUT2D eigenvalue weighted by atomic mass is 35.5. The minimum atomic E-state index is -3.57. The standard InChI is InChI=1S/C16H17ClN2O4S/c1-19(2)24(21,22)13-8-9-15(14(17)10-13)23-11-16(20)18-12-6-4-3-5-7-12/h3-10H,11H2,1-2H3,(H,18,20). The maximum absolute atomic E-state index is 12.0. The number of amides is 1. The Morgan fingerprint density at radius 3 is 2.42 bits per heavy atom. The zero-order valence-corrected chi connectivity index (χ0v) is 14.8. The number of hydrogen-bond donors (Lipinski definition) is 1. The van der Waals surface area contributed by atoms with Gasteiger partial charge in [-0.2, -0.15) is 0 Å². The maximum Gasteiger partial charge on any atom is 0.262 e. The summed E-state index contributed by atoms with van der Waals surface area (Å²) in [5, 5.41) is 2.79. The van der Waals surface area contributed by atoms with E-state index in [0.29, 0.717) is 5.69 Å². The predicted octanol–water partition coefficient (Wildman–Crippen LogP) is 2.61. The first kappa shape index (κ1) is 18.3. The maximum atomic E-state index is 12.0. The molecule has 2 aromatic carbocycles. The van der Waals surface area contributed by atoms with Crippen LogP contribution in [0, 0.1) is 0 Å². The third-order valence-electron chi connectivity index (χ3n) is 3.10. The molecular formula is C16H17ClN2O4S. The molecule has 6 nitrogen and oxygen atoms in total. The number of hydrogen-bond acceptors (Lipinski definition) is 4. The Bertz CT molecular complexity index is 823. The Hall–Kier alpha value is -2.09. The molecule has 0 aliphatic heterocycles. The highest BCUT2D eigenvalue weighted by Gasteiger charge is 2.19. The van der Waals surface area contributed by atoms with Gasteiger partial charge in [0.05, 0.1) is 9.92 Å². The lowest BCUT2D eigenvalue weighted by Crippen LogP contribution is -2.22. The summed E-state index contributed by atoms with van der Waals surface area (Å²) in [7, 11) is -0.710. The molecule has 1 amide bonds. The first-order valence-corrected chi connectivity index (χ1v) is 8.82. The fourth-order valence-corrected chi connectivity index (χ4v) is 3.06. The van der Waals surface area contributed by atoms with Gasteiger partial charge in [-0.15, -0.1) is 0 Å². The summed E-state index contributed by atoms with van der Waals surface area (Å²) in [6.07, 6.45) is 0. The average molecular weight is 369 g/mol. The smallest absolute Gasteiger partial charge is 0.262 e. The summed E-state index contributed by atoms with van der Waals surface area (Å²) >= 11 is 6.04. The quantitative estimate of drug-likeness (QED) is 0.850. The second-order valence-corrected chi connectivity index (χ2v) is 7.64. The summed E-state index contributed by atoms with van der Waals surface area (Å²) in [6.45, 7) is -0.242. The number of nitrogens with one attached hydrogen (secondary N) is 1. The van der Waals surface area contributed by atoms with Crippen molar-refractivity contribution in [2.24, 2.45) is 0 Å². The molecule has 8 heteroatoms. The summed E-state index contributed by atoms with van der Waals surface area (Å²) in [6, 6.07) is 13.1. The Labute approximate surface area is 146 Å². The summed E-state index contributed by atoms with van der Waals surface area (Å²) < 4.78 is 30.5. The van der Waals surface area contributed by atoms with Crippen LogP contribution < -0.4 is 10.1 Å². The highest BCUT2D eigenvalue weighted by molar-refractivity contribution is 7.89. The predicted molar refractivity (Wildman–Crippen MR) is 92.9 cm³/mol. The van der Waals surface area contributed by atoms with E-state index in [9.17, 15) is 13.2 Å². The van der Waals surface area contributed by atoms with Crippen LogP contribution in [0.25, 0.3) is 0 Å². The van der Waals surface area contributed by atoms with Crippen molar-refractivity contribution >= 4 is 33.2 Å². The van der Waals surface area contributed by atoms with Crippen molar-refractivity contribution in [3.63, 3.8) is 0 Å². The molecule has 0 spiro atoms. The molecule has 0 saturated heterocycles. The lowest BCUT2D eigenvalue weighted by molar-refractivity contribution is -0.118. The number of nitrogens with zero attached hydrogens (tertiary/aromatic N) is 1. The summed E-state index contributed by atoms with van der Waals surface area (Å²) in [5.41, 5.74) is 0.657. The van der Waals surface area contributed by atoms with E-state index in [2.05, 4.69) is 5.32 Å². The van der Waals surface area contributed by atoms with Crippen LogP contribution >= 0.6 is 11.6 Å². The van der Waals surface area contributed by atoms with Gasteiger partial charge in [0, 0.05) is 19.8 Å². The number of anilines is 1. The molecule has 0 fully saturated rings. The van der Waals surface area contributed by atoms with Gasteiger partial charge >= 0.3 is 0 Å². The molecule has 1 N–H and O–H groups in total. The summed E-state index contributed by atoms with van der Waals surface area (Å²) in [4.78, 5) is 11.9. The van der Waals surface area contributed by atoms with Gasteiger partial charge in [-0.3, -0.25) is 4.79 Å². The largest absolute Gasteiger partial charge is 0.482 e. The second kappa shape index (κ2) is 7.65. The molecule has 0 heterocycles. The molecule has 0 aromatic heterocycles. The van der Waals surface area contributed by atoms with Crippen LogP contribution in [-0.4, -0.2) is 39.3 Å². The van der Waals surface area contributed by atoms with Gasteiger partial charge in [0.2, 0.25) is 10.0 Å². The number of ether oxygens (including phenoxy) is 1. The Morgan fingerprint density at radius 1 is 1.17 bits per heavy atom. The minimum absolute atomic E-state index is 0.0542. The topological polar surface area (TPSA) is 75.7 Å². The molecule has 2 rings (SSSR count). The second-order valence-electron chi connectivity index (χ2n) is 5.08. The monoisotopic (exact) mass is 368 g/mol. The van der Waals surface area contributed by atoms with Gasteiger partial charge < -0.3 is 10.1 Å². The molecule has 0 atom stereocenters. The van der Waals surface area contributed by atoms with Crippen molar-refractivity contribution in [2.45, 2.75) is 4.90 Å². The van der Waals surface area contributed by atoms with Crippen LogP contribution in [0.1, 0.15) is 0 Å². The van der Waals surface area contributed by atoms with Crippen molar-refractivity contribution in [1.29, 1.82) is 0 Å². The van der Waals surface area contributed by atoms with Crippen LogP contribution in [-0.2, 0) is 14.8 Å². The van der Waals surface area contributed by atoms with Gasteiger partial charge in [-0.05, 0) is 30.3 Å². The SMILES string of the molecule is CN(C)S(=O)(=O)c1ccc(OCC(=O)Nc2ccccc2)c(Cl)c1. The van der Waals surface area contributed by atoms with E-state index in [0.717, 1.165) is 4.31 Å². The van der Waals surface area contributed by atoms with Gasteiger partial charge in [-0.1, -0.05) is 29.8 Å². The van der Waals surface area contributed by atoms with Gasteiger partial charge in [-0.25, -0.2) is 12.7 Å². The molecule has 0 bridgehead atoms. The average Bonchev–Trinajstić information content (AvgIpc) is 2.54. The molecule has 0 aliphatic rings. The Kier molecular flexibility index (Phi) is 5.82. The van der Waals surface area contributed by atoms with Crippen LogP contribution in [0.5, 0.6) is 5.75 Å². The zero-order chi connectivity index (χ0) is 17.7. The molecule has 0 saturated carbocycles. The zero-order valence-electron chi connectivity index (χ0n) is 13.2. The van der Waals surface area contributed by atoms with Gasteiger partial charge in [0.25, 0.3) is 5.91 Å². The molecule has 0 aliphatic carbocycles. The van der Waals surface area contributed by atoms with Gasteiger partial charge in [0.15, 0.2) is 6.61 Å². The molecule has 0 radical (unpaired) electrons. The third-order valence-corrected chi connectivity index (χ3v) is 5.20. The van der Waals surface area contributed by atoms with Crippen LogP contribution in [0.2, 0.25) is 5.02 Å². The molecule has 2 aromatic rings.